The number of rotatable bonds is 9. The number of tetrazole rings is 1. The molecule has 0 saturated heterocycles. The first-order valence-electron chi connectivity index (χ1n) is 8.30. The van der Waals surface area contributed by atoms with Gasteiger partial charge in [0.05, 0.1) is 24.9 Å². The zero-order valence-electron chi connectivity index (χ0n) is 15.1. The van der Waals surface area contributed by atoms with Gasteiger partial charge in [0.1, 0.15) is 0 Å². The number of aromatic nitrogens is 4. The minimum Gasteiger partial charge on any atom is -0.493 e. The summed E-state index contributed by atoms with van der Waals surface area (Å²) in [6, 6.07) is 13.6. The van der Waals surface area contributed by atoms with Crippen LogP contribution in [0.2, 0.25) is 5.02 Å². The van der Waals surface area contributed by atoms with Crippen molar-refractivity contribution in [1.29, 1.82) is 0 Å². The largest absolute Gasteiger partial charge is 0.493 e. The van der Waals surface area contributed by atoms with Crippen LogP contribution >= 0.6 is 23.4 Å². The molecule has 142 valence electrons. The second-order valence-electron chi connectivity index (χ2n) is 5.55. The fourth-order valence-electron chi connectivity index (χ4n) is 2.52. The number of para-hydroxylation sites is 1. The van der Waals surface area contributed by atoms with Gasteiger partial charge in [-0.2, -0.15) is 4.68 Å². The lowest BCUT2D eigenvalue weighted by Gasteiger charge is -2.12. The van der Waals surface area contributed by atoms with Gasteiger partial charge in [0, 0.05) is 18.8 Å². The average molecular weight is 406 g/mol. The van der Waals surface area contributed by atoms with Gasteiger partial charge in [-0.1, -0.05) is 41.6 Å². The van der Waals surface area contributed by atoms with Gasteiger partial charge in [-0.15, -0.1) is 5.10 Å². The molecule has 0 radical (unpaired) electrons. The van der Waals surface area contributed by atoms with E-state index in [2.05, 4.69) is 20.8 Å². The normalized spacial score (nSPS) is 10.8. The van der Waals surface area contributed by atoms with Crippen LogP contribution in [-0.2, 0) is 6.54 Å². The van der Waals surface area contributed by atoms with Crippen LogP contribution in [0.3, 0.4) is 0 Å². The van der Waals surface area contributed by atoms with Gasteiger partial charge in [0.2, 0.25) is 5.16 Å². The molecule has 2 aromatic carbocycles. The summed E-state index contributed by atoms with van der Waals surface area (Å²) in [5.74, 6) is 2.00. The van der Waals surface area contributed by atoms with Crippen molar-refractivity contribution in [3.8, 4) is 17.2 Å². The predicted octanol–water partition coefficient (Wildman–Crippen LogP) is 3.21. The number of halogens is 1. The first kappa shape index (κ1) is 19.5. The molecule has 0 aliphatic rings. The summed E-state index contributed by atoms with van der Waals surface area (Å²) in [5.41, 5.74) is 1.97. The third kappa shape index (κ3) is 4.91. The number of hydrogen-bond acceptors (Lipinski definition) is 7. The molecule has 0 fully saturated rings. The molecule has 7 nitrogen and oxygen atoms in total. The van der Waals surface area contributed by atoms with Crippen LogP contribution in [0.4, 0.5) is 0 Å². The topological polar surface area (TPSA) is 74.1 Å². The molecular formula is C18H20ClN5O2S. The van der Waals surface area contributed by atoms with Crippen molar-refractivity contribution in [2.45, 2.75) is 11.7 Å². The standard InChI is InChI=1S/C18H20ClN5O2S/c1-25-16-11-13(10-15(19)17(16)26-2)12-20-8-9-27-18-21-22-23-24(18)14-6-4-3-5-7-14/h3-7,10-11,20H,8-9,12H2,1-2H3. The summed E-state index contributed by atoms with van der Waals surface area (Å²) in [6.45, 7) is 1.46. The number of methoxy groups -OCH3 is 2. The Balaban J connectivity index is 1.51. The summed E-state index contributed by atoms with van der Waals surface area (Å²) in [7, 11) is 3.17. The van der Waals surface area contributed by atoms with Crippen LogP contribution < -0.4 is 14.8 Å². The van der Waals surface area contributed by atoms with Crippen LogP contribution in [0.5, 0.6) is 11.5 Å². The highest BCUT2D eigenvalue weighted by molar-refractivity contribution is 7.99. The van der Waals surface area contributed by atoms with E-state index in [1.54, 1.807) is 30.7 Å². The Hall–Kier alpha value is -2.29. The smallest absolute Gasteiger partial charge is 0.214 e. The van der Waals surface area contributed by atoms with Crippen molar-refractivity contribution in [3.05, 3.63) is 53.1 Å². The quantitative estimate of drug-likeness (QED) is 0.432. The number of hydrogen-bond donors (Lipinski definition) is 1. The Bertz CT molecular complexity index is 875. The number of ether oxygens (including phenoxy) is 2. The Morgan fingerprint density at radius 1 is 1.15 bits per heavy atom. The molecule has 0 unspecified atom stereocenters. The number of nitrogens with zero attached hydrogens (tertiary/aromatic N) is 4. The minimum absolute atomic E-state index is 0.532. The average Bonchev–Trinajstić information content (AvgIpc) is 3.16. The van der Waals surface area contributed by atoms with Crippen molar-refractivity contribution < 1.29 is 9.47 Å². The maximum atomic E-state index is 6.23. The van der Waals surface area contributed by atoms with Crippen LogP contribution in [0.15, 0.2) is 47.6 Å². The molecule has 0 saturated carbocycles. The fraction of sp³-hybridized carbons (Fsp3) is 0.278. The van der Waals surface area contributed by atoms with Crippen molar-refractivity contribution in [2.24, 2.45) is 0 Å². The molecule has 0 spiro atoms. The van der Waals surface area contributed by atoms with E-state index in [4.69, 9.17) is 21.1 Å². The van der Waals surface area contributed by atoms with Gasteiger partial charge >= 0.3 is 0 Å². The molecule has 9 heteroatoms. The second-order valence-corrected chi connectivity index (χ2v) is 7.02. The van der Waals surface area contributed by atoms with Crippen LogP contribution in [-0.4, -0.2) is 46.7 Å². The third-order valence-electron chi connectivity index (χ3n) is 3.77. The number of benzene rings is 2. The van der Waals surface area contributed by atoms with E-state index in [0.29, 0.717) is 23.1 Å². The molecule has 1 aromatic heterocycles. The lowest BCUT2D eigenvalue weighted by Crippen LogP contribution is -2.17. The monoisotopic (exact) mass is 405 g/mol. The SMILES string of the molecule is COc1cc(CNCCSc2nnnn2-c2ccccc2)cc(Cl)c1OC. The highest BCUT2D eigenvalue weighted by atomic mass is 35.5. The molecule has 1 N–H and O–H groups in total. The predicted molar refractivity (Wildman–Crippen MR) is 106 cm³/mol. The zero-order valence-corrected chi connectivity index (χ0v) is 16.6. The summed E-state index contributed by atoms with van der Waals surface area (Å²) >= 11 is 7.83. The van der Waals surface area contributed by atoms with E-state index in [1.807, 2.05) is 42.5 Å². The molecule has 0 aliphatic carbocycles. The molecule has 0 aliphatic heterocycles. The number of nitrogens with one attached hydrogen (secondary N) is 1. The second kappa shape index (κ2) is 9.59. The van der Waals surface area contributed by atoms with Gasteiger partial charge in [-0.05, 0) is 40.3 Å². The summed E-state index contributed by atoms with van der Waals surface area (Å²) in [5, 5.41) is 16.6. The molecular weight excluding hydrogens is 386 g/mol. The fourth-order valence-corrected chi connectivity index (χ4v) is 3.62. The highest BCUT2D eigenvalue weighted by Gasteiger charge is 2.11. The molecule has 0 amide bonds. The van der Waals surface area contributed by atoms with Crippen LogP contribution in [0.1, 0.15) is 5.56 Å². The van der Waals surface area contributed by atoms with E-state index in [0.717, 1.165) is 28.7 Å². The molecule has 3 rings (SSSR count). The molecule has 0 atom stereocenters. The van der Waals surface area contributed by atoms with E-state index >= 15 is 0 Å². The van der Waals surface area contributed by atoms with E-state index in [1.165, 1.54) is 0 Å². The lowest BCUT2D eigenvalue weighted by molar-refractivity contribution is 0.354. The van der Waals surface area contributed by atoms with Gasteiger partial charge in [0.25, 0.3) is 0 Å². The highest BCUT2D eigenvalue weighted by Crippen LogP contribution is 2.35. The van der Waals surface area contributed by atoms with Crippen LogP contribution in [0, 0.1) is 0 Å². The molecule has 1 heterocycles. The first-order chi connectivity index (χ1) is 13.2. The van der Waals surface area contributed by atoms with Crippen molar-refractivity contribution in [1.82, 2.24) is 25.5 Å². The molecule has 3 aromatic rings. The Morgan fingerprint density at radius 2 is 1.96 bits per heavy atom. The minimum atomic E-state index is 0.532. The summed E-state index contributed by atoms with van der Waals surface area (Å²) in [4.78, 5) is 0. The van der Waals surface area contributed by atoms with Crippen LogP contribution in [0.25, 0.3) is 5.69 Å². The van der Waals surface area contributed by atoms with E-state index in [-0.39, 0.29) is 0 Å². The Kier molecular flexibility index (Phi) is 6.92. The number of thioether (sulfide) groups is 1. The summed E-state index contributed by atoms with van der Waals surface area (Å²) < 4.78 is 12.3. The third-order valence-corrected chi connectivity index (χ3v) is 4.98. The maximum Gasteiger partial charge on any atom is 0.214 e. The summed E-state index contributed by atoms with van der Waals surface area (Å²) in [6.07, 6.45) is 0. The maximum absolute atomic E-state index is 6.23. The van der Waals surface area contributed by atoms with Crippen molar-refractivity contribution in [2.75, 3.05) is 26.5 Å². The lowest BCUT2D eigenvalue weighted by atomic mass is 10.2. The van der Waals surface area contributed by atoms with Gasteiger partial charge < -0.3 is 14.8 Å². The van der Waals surface area contributed by atoms with Crippen molar-refractivity contribution in [3.63, 3.8) is 0 Å². The van der Waals surface area contributed by atoms with Crippen molar-refractivity contribution >= 4 is 23.4 Å². The molecule has 27 heavy (non-hydrogen) atoms. The van der Waals surface area contributed by atoms with Gasteiger partial charge in [-0.25, -0.2) is 0 Å². The first-order valence-corrected chi connectivity index (χ1v) is 9.67. The zero-order chi connectivity index (χ0) is 19.1. The Labute approximate surface area is 167 Å². The van der Waals surface area contributed by atoms with E-state index in [9.17, 15) is 0 Å². The van der Waals surface area contributed by atoms with Gasteiger partial charge in [-0.3, -0.25) is 0 Å². The Morgan fingerprint density at radius 3 is 2.70 bits per heavy atom. The molecule has 0 bridgehead atoms. The van der Waals surface area contributed by atoms with Gasteiger partial charge in [0.15, 0.2) is 11.5 Å². The van der Waals surface area contributed by atoms with E-state index < -0.39 is 0 Å².